The van der Waals surface area contributed by atoms with Crippen molar-refractivity contribution >= 4 is 0 Å². The van der Waals surface area contributed by atoms with Gasteiger partial charge >= 0.3 is 6.18 Å². The summed E-state index contributed by atoms with van der Waals surface area (Å²) in [7, 11) is 0. The third-order valence-corrected chi connectivity index (χ3v) is 4.14. The minimum Gasteiger partial charge on any atom is -0.310 e. The van der Waals surface area contributed by atoms with Gasteiger partial charge in [-0.05, 0) is 43.0 Å². The second kappa shape index (κ2) is 6.61. The number of hydrogen-bond acceptors (Lipinski definition) is 1. The summed E-state index contributed by atoms with van der Waals surface area (Å²) in [4.78, 5) is 0. The molecule has 0 aliphatic heterocycles. The Morgan fingerprint density at radius 3 is 2.20 bits per heavy atom. The van der Waals surface area contributed by atoms with Crippen molar-refractivity contribution in [1.29, 1.82) is 0 Å². The molecule has 1 fully saturated rings. The second-order valence-corrected chi connectivity index (χ2v) is 5.55. The second-order valence-electron chi connectivity index (χ2n) is 5.55. The minimum atomic E-state index is -4.25. The standard InChI is InChI=1S/C16H22F3N/c1-2-20-15(12-6-4-3-5-7-12)13-8-10-14(11-9-13)16(17,18)19/h8-12,15,20H,2-7H2,1H3. The largest absolute Gasteiger partial charge is 0.416 e. The fourth-order valence-corrected chi connectivity index (χ4v) is 3.12. The number of alkyl halides is 3. The number of benzene rings is 1. The normalized spacial score (nSPS) is 19.0. The molecule has 4 heteroatoms. The molecule has 0 bridgehead atoms. The van der Waals surface area contributed by atoms with Gasteiger partial charge < -0.3 is 5.32 Å². The van der Waals surface area contributed by atoms with Crippen LogP contribution in [0.4, 0.5) is 13.2 Å². The fourth-order valence-electron chi connectivity index (χ4n) is 3.12. The predicted molar refractivity (Wildman–Crippen MR) is 74.4 cm³/mol. The third-order valence-electron chi connectivity index (χ3n) is 4.14. The van der Waals surface area contributed by atoms with Crippen LogP contribution in [0.25, 0.3) is 0 Å². The van der Waals surface area contributed by atoms with Gasteiger partial charge in [-0.25, -0.2) is 0 Å². The summed E-state index contributed by atoms with van der Waals surface area (Å²) in [5.41, 5.74) is 0.409. The highest BCUT2D eigenvalue weighted by atomic mass is 19.4. The van der Waals surface area contributed by atoms with Crippen LogP contribution < -0.4 is 5.32 Å². The van der Waals surface area contributed by atoms with Crippen molar-refractivity contribution in [2.24, 2.45) is 5.92 Å². The van der Waals surface area contributed by atoms with Crippen LogP contribution in [0, 0.1) is 5.92 Å². The van der Waals surface area contributed by atoms with Gasteiger partial charge in [0.1, 0.15) is 0 Å². The lowest BCUT2D eigenvalue weighted by Crippen LogP contribution is -2.29. The first-order valence-electron chi connectivity index (χ1n) is 7.43. The van der Waals surface area contributed by atoms with Crippen LogP contribution >= 0.6 is 0 Å². The van der Waals surface area contributed by atoms with E-state index in [1.807, 2.05) is 6.92 Å². The topological polar surface area (TPSA) is 12.0 Å². The molecule has 1 N–H and O–H groups in total. The number of rotatable bonds is 4. The fraction of sp³-hybridized carbons (Fsp3) is 0.625. The Kier molecular flexibility index (Phi) is 5.08. The first-order chi connectivity index (χ1) is 9.52. The molecule has 2 rings (SSSR count). The van der Waals surface area contributed by atoms with Crippen LogP contribution in [-0.2, 0) is 6.18 Å². The minimum absolute atomic E-state index is 0.183. The zero-order chi connectivity index (χ0) is 14.6. The zero-order valence-electron chi connectivity index (χ0n) is 11.8. The first-order valence-corrected chi connectivity index (χ1v) is 7.43. The highest BCUT2D eigenvalue weighted by Crippen LogP contribution is 2.36. The monoisotopic (exact) mass is 285 g/mol. The molecule has 0 aromatic heterocycles. The molecule has 1 unspecified atom stereocenters. The van der Waals surface area contributed by atoms with Crippen molar-refractivity contribution in [2.45, 2.75) is 51.2 Å². The van der Waals surface area contributed by atoms with Crippen LogP contribution in [0.3, 0.4) is 0 Å². The molecule has 0 saturated heterocycles. The molecule has 0 heterocycles. The highest BCUT2D eigenvalue weighted by Gasteiger charge is 2.31. The Morgan fingerprint density at radius 1 is 1.10 bits per heavy atom. The Morgan fingerprint density at radius 2 is 1.70 bits per heavy atom. The van der Waals surface area contributed by atoms with Crippen molar-refractivity contribution < 1.29 is 13.2 Å². The van der Waals surface area contributed by atoms with Gasteiger partial charge in [0.05, 0.1) is 5.56 Å². The van der Waals surface area contributed by atoms with Gasteiger partial charge in [-0.15, -0.1) is 0 Å². The Hall–Kier alpha value is -1.03. The summed E-state index contributed by atoms with van der Waals surface area (Å²) >= 11 is 0. The van der Waals surface area contributed by atoms with Crippen LogP contribution in [0.1, 0.15) is 56.2 Å². The molecule has 0 amide bonds. The van der Waals surface area contributed by atoms with Crippen LogP contribution in [-0.4, -0.2) is 6.54 Å². The molecule has 112 valence electrons. The quantitative estimate of drug-likeness (QED) is 0.826. The molecule has 20 heavy (non-hydrogen) atoms. The molecule has 1 aromatic carbocycles. The molecule has 0 radical (unpaired) electrons. The average Bonchev–Trinajstić information content (AvgIpc) is 2.45. The van der Waals surface area contributed by atoms with E-state index in [1.165, 1.54) is 44.2 Å². The summed E-state index contributed by atoms with van der Waals surface area (Å²) in [5.74, 6) is 0.542. The van der Waals surface area contributed by atoms with E-state index < -0.39 is 11.7 Å². The van der Waals surface area contributed by atoms with Gasteiger partial charge in [-0.2, -0.15) is 13.2 Å². The lowest BCUT2D eigenvalue weighted by Gasteiger charge is -2.31. The lowest BCUT2D eigenvalue weighted by molar-refractivity contribution is -0.137. The van der Waals surface area contributed by atoms with E-state index >= 15 is 0 Å². The Balaban J connectivity index is 2.16. The van der Waals surface area contributed by atoms with Gasteiger partial charge in [-0.3, -0.25) is 0 Å². The highest BCUT2D eigenvalue weighted by molar-refractivity contribution is 5.27. The third kappa shape index (κ3) is 3.75. The molecular weight excluding hydrogens is 263 g/mol. The maximum atomic E-state index is 12.6. The van der Waals surface area contributed by atoms with Crippen LogP contribution in [0.2, 0.25) is 0 Å². The lowest BCUT2D eigenvalue weighted by atomic mass is 9.81. The summed E-state index contributed by atoms with van der Waals surface area (Å²) in [5, 5.41) is 3.45. The van der Waals surface area contributed by atoms with Crippen molar-refractivity contribution in [3.05, 3.63) is 35.4 Å². The zero-order valence-corrected chi connectivity index (χ0v) is 11.8. The Bertz CT molecular complexity index is 405. The SMILES string of the molecule is CCNC(c1ccc(C(F)(F)F)cc1)C1CCCCC1. The van der Waals surface area contributed by atoms with E-state index in [0.717, 1.165) is 12.1 Å². The molecule has 1 aromatic rings. The van der Waals surface area contributed by atoms with Gasteiger partial charge in [-0.1, -0.05) is 38.3 Å². The average molecular weight is 285 g/mol. The van der Waals surface area contributed by atoms with Crippen molar-refractivity contribution in [1.82, 2.24) is 5.32 Å². The Labute approximate surface area is 118 Å². The van der Waals surface area contributed by atoms with Gasteiger partial charge in [0.2, 0.25) is 0 Å². The number of hydrogen-bond donors (Lipinski definition) is 1. The van der Waals surface area contributed by atoms with Gasteiger partial charge in [0.25, 0.3) is 0 Å². The van der Waals surface area contributed by atoms with E-state index in [2.05, 4.69) is 5.32 Å². The molecule has 0 spiro atoms. The van der Waals surface area contributed by atoms with Gasteiger partial charge in [0.15, 0.2) is 0 Å². The maximum absolute atomic E-state index is 12.6. The summed E-state index contributed by atoms with van der Waals surface area (Å²) in [6, 6.07) is 5.84. The predicted octanol–water partition coefficient (Wildman–Crippen LogP) is 4.94. The van der Waals surface area contributed by atoms with E-state index in [1.54, 1.807) is 12.1 Å². The smallest absolute Gasteiger partial charge is 0.310 e. The van der Waals surface area contributed by atoms with Crippen LogP contribution in [0.5, 0.6) is 0 Å². The summed E-state index contributed by atoms with van der Waals surface area (Å²) in [6.45, 7) is 2.88. The number of halogens is 3. The summed E-state index contributed by atoms with van der Waals surface area (Å²) in [6.07, 6.45) is 1.82. The first kappa shape index (κ1) is 15.4. The summed E-state index contributed by atoms with van der Waals surface area (Å²) < 4.78 is 37.8. The van der Waals surface area contributed by atoms with Gasteiger partial charge in [0, 0.05) is 6.04 Å². The molecule has 1 saturated carbocycles. The molecule has 1 aliphatic rings. The molecular formula is C16H22F3N. The van der Waals surface area contributed by atoms with Crippen molar-refractivity contribution in [3.8, 4) is 0 Å². The van der Waals surface area contributed by atoms with E-state index in [9.17, 15) is 13.2 Å². The van der Waals surface area contributed by atoms with E-state index in [0.29, 0.717) is 5.92 Å². The molecule has 1 nitrogen and oxygen atoms in total. The van der Waals surface area contributed by atoms with Crippen molar-refractivity contribution in [2.75, 3.05) is 6.54 Å². The van der Waals surface area contributed by atoms with E-state index in [4.69, 9.17) is 0 Å². The van der Waals surface area contributed by atoms with Crippen LogP contribution in [0.15, 0.2) is 24.3 Å². The van der Waals surface area contributed by atoms with Crippen molar-refractivity contribution in [3.63, 3.8) is 0 Å². The van der Waals surface area contributed by atoms with E-state index in [-0.39, 0.29) is 6.04 Å². The number of nitrogens with one attached hydrogen (secondary N) is 1. The maximum Gasteiger partial charge on any atom is 0.416 e. The molecule has 1 atom stereocenters. The molecule has 1 aliphatic carbocycles.